The minimum absolute atomic E-state index is 0.0882. The van der Waals surface area contributed by atoms with Crippen molar-refractivity contribution in [2.24, 2.45) is 5.92 Å². The number of urea groups is 1. The number of amides is 2. The lowest BCUT2D eigenvalue weighted by atomic mass is 10.0. The summed E-state index contributed by atoms with van der Waals surface area (Å²) in [5.74, 6) is 0.814. The fourth-order valence-electron chi connectivity index (χ4n) is 2.56. The van der Waals surface area contributed by atoms with Gasteiger partial charge in [-0.3, -0.25) is 10.3 Å². The Morgan fingerprint density at radius 3 is 2.59 bits per heavy atom. The van der Waals surface area contributed by atoms with E-state index in [0.29, 0.717) is 24.3 Å². The molecule has 2 aromatic rings. The number of aliphatic hydroxyl groups is 1. The van der Waals surface area contributed by atoms with E-state index in [4.69, 9.17) is 0 Å². The second-order valence-corrected chi connectivity index (χ2v) is 6.84. The first-order valence-corrected chi connectivity index (χ1v) is 8.47. The van der Waals surface area contributed by atoms with Crippen LogP contribution >= 0.6 is 0 Å². The topological polar surface area (TPSA) is 92.1 Å². The van der Waals surface area contributed by atoms with Gasteiger partial charge in [0.1, 0.15) is 0 Å². The predicted molar refractivity (Wildman–Crippen MR) is 91.3 cm³/mol. The van der Waals surface area contributed by atoms with Gasteiger partial charge in [-0.2, -0.15) is 13.2 Å². The number of carbonyl (C=O) groups is 1. The number of halogens is 3. The van der Waals surface area contributed by atoms with Gasteiger partial charge in [-0.15, -0.1) is 5.10 Å². The van der Waals surface area contributed by atoms with Crippen molar-refractivity contribution in [2.75, 3.05) is 5.32 Å². The van der Waals surface area contributed by atoms with Crippen LogP contribution in [0.4, 0.5) is 23.8 Å². The van der Waals surface area contributed by atoms with E-state index in [1.807, 2.05) is 6.92 Å². The molecule has 10 heteroatoms. The van der Waals surface area contributed by atoms with Gasteiger partial charge in [-0.1, -0.05) is 0 Å². The second kappa shape index (κ2) is 6.84. The predicted octanol–water partition coefficient (Wildman–Crippen LogP) is 2.96. The van der Waals surface area contributed by atoms with E-state index >= 15 is 0 Å². The fraction of sp³-hybridized carbons (Fsp3) is 0.471. The van der Waals surface area contributed by atoms with Crippen molar-refractivity contribution >= 4 is 11.8 Å². The van der Waals surface area contributed by atoms with Gasteiger partial charge in [0, 0.05) is 18.3 Å². The van der Waals surface area contributed by atoms with E-state index in [1.165, 1.54) is 16.9 Å². The van der Waals surface area contributed by atoms with Crippen molar-refractivity contribution < 1.29 is 23.1 Å². The largest absolute Gasteiger partial charge is 0.422 e. The van der Waals surface area contributed by atoms with Crippen LogP contribution in [0.5, 0.6) is 0 Å². The van der Waals surface area contributed by atoms with Gasteiger partial charge >= 0.3 is 12.2 Å². The highest BCUT2D eigenvalue weighted by Crippen LogP contribution is 2.37. The molecule has 3 N–H and O–H groups in total. The van der Waals surface area contributed by atoms with Gasteiger partial charge in [0.2, 0.25) is 0 Å². The van der Waals surface area contributed by atoms with E-state index in [9.17, 15) is 23.1 Å². The molecule has 27 heavy (non-hydrogen) atoms. The third kappa shape index (κ3) is 4.21. The van der Waals surface area contributed by atoms with Gasteiger partial charge in [-0.05, 0) is 44.7 Å². The van der Waals surface area contributed by atoms with E-state index < -0.39 is 17.5 Å². The highest BCUT2D eigenvalue weighted by Gasteiger charge is 2.52. The van der Waals surface area contributed by atoms with Crippen molar-refractivity contribution in [2.45, 2.75) is 44.5 Å². The summed E-state index contributed by atoms with van der Waals surface area (Å²) in [6, 6.07) is 3.72. The number of nitrogens with one attached hydrogen (secondary N) is 2. The molecule has 1 fully saturated rings. The minimum atomic E-state index is -4.84. The number of nitrogens with zero attached hydrogens (tertiary/aromatic N) is 3. The Hall–Kier alpha value is -2.62. The number of hydrogen-bond acceptors (Lipinski definition) is 4. The zero-order valence-electron chi connectivity index (χ0n) is 14.8. The third-order valence-corrected chi connectivity index (χ3v) is 4.58. The van der Waals surface area contributed by atoms with Crippen molar-refractivity contribution in [3.63, 3.8) is 0 Å². The molecule has 1 aliphatic carbocycles. The van der Waals surface area contributed by atoms with Crippen LogP contribution in [-0.2, 0) is 5.60 Å². The van der Waals surface area contributed by atoms with Crippen molar-refractivity contribution in [3.05, 3.63) is 36.3 Å². The maximum Gasteiger partial charge on any atom is 0.422 e. The van der Waals surface area contributed by atoms with Gasteiger partial charge in [0.05, 0.1) is 17.6 Å². The Balaban J connectivity index is 1.66. The number of pyridine rings is 1. The Morgan fingerprint density at radius 2 is 2.04 bits per heavy atom. The maximum absolute atomic E-state index is 12.9. The molecule has 0 saturated heterocycles. The highest BCUT2D eigenvalue weighted by molar-refractivity contribution is 5.88. The Kier molecular flexibility index (Phi) is 4.85. The summed E-state index contributed by atoms with van der Waals surface area (Å²) in [5, 5.41) is 19.2. The van der Waals surface area contributed by atoms with Crippen molar-refractivity contribution in [1.82, 2.24) is 20.1 Å². The monoisotopic (exact) mass is 383 g/mol. The summed E-state index contributed by atoms with van der Waals surface area (Å²) >= 11 is 0. The van der Waals surface area contributed by atoms with Crippen LogP contribution in [0.1, 0.15) is 32.4 Å². The Labute approximate surface area is 153 Å². The van der Waals surface area contributed by atoms with Crippen LogP contribution in [0.25, 0.3) is 5.69 Å². The molecule has 146 valence electrons. The van der Waals surface area contributed by atoms with Crippen LogP contribution in [0.2, 0.25) is 0 Å². The Morgan fingerprint density at radius 1 is 1.33 bits per heavy atom. The average molecular weight is 383 g/mol. The lowest BCUT2D eigenvalue weighted by Crippen LogP contribution is -2.39. The summed E-state index contributed by atoms with van der Waals surface area (Å²) in [6.07, 6.45) is 0.0932. The zero-order valence-corrected chi connectivity index (χ0v) is 14.8. The molecule has 3 rings (SSSR count). The quantitative estimate of drug-likeness (QED) is 0.740. The van der Waals surface area contributed by atoms with Crippen molar-refractivity contribution in [1.29, 1.82) is 0 Å². The van der Waals surface area contributed by atoms with E-state index in [0.717, 1.165) is 18.9 Å². The molecule has 2 heterocycles. The molecule has 0 aliphatic heterocycles. The Bertz CT molecular complexity index is 813. The average Bonchev–Trinajstić information content (AvgIpc) is 3.34. The molecule has 0 aromatic carbocycles. The number of anilines is 1. The number of aromatic nitrogens is 3. The van der Waals surface area contributed by atoms with Crippen LogP contribution in [0, 0.1) is 5.92 Å². The summed E-state index contributed by atoms with van der Waals surface area (Å²) in [5.41, 5.74) is -3.17. The number of carbonyl (C=O) groups excluding carboxylic acids is 1. The number of alkyl halides is 3. The standard InChI is InChI=1S/C17H20F3N5O2/c1-10(11-3-4-11)22-15(26)23-14-7-8-25(24-14)12-5-6-13(21-9-12)16(2,27)17(18,19)20/h5-11,27H,3-4H2,1-2H3,(H2,22,23,24,26)/t10-,16?/m0/s1. The number of rotatable bonds is 5. The van der Waals surface area contributed by atoms with Crippen molar-refractivity contribution in [3.8, 4) is 5.69 Å². The molecular formula is C17H20F3N5O2. The van der Waals surface area contributed by atoms with E-state index in [2.05, 4.69) is 20.7 Å². The second-order valence-electron chi connectivity index (χ2n) is 6.84. The summed E-state index contributed by atoms with van der Waals surface area (Å²) in [6.45, 7) is 2.59. The molecule has 1 aliphatic rings. The first-order chi connectivity index (χ1) is 12.6. The molecule has 0 bridgehead atoms. The van der Waals surface area contributed by atoms with E-state index in [-0.39, 0.29) is 12.1 Å². The molecule has 2 amide bonds. The molecule has 2 atom stereocenters. The van der Waals surface area contributed by atoms with Crippen LogP contribution in [-0.4, -0.2) is 38.1 Å². The van der Waals surface area contributed by atoms with Crippen LogP contribution < -0.4 is 10.6 Å². The van der Waals surface area contributed by atoms with Gasteiger partial charge in [0.25, 0.3) is 0 Å². The molecule has 2 aromatic heterocycles. The lowest BCUT2D eigenvalue weighted by molar-refractivity contribution is -0.260. The van der Waals surface area contributed by atoms with Crippen LogP contribution in [0.3, 0.4) is 0 Å². The molecule has 0 spiro atoms. The first kappa shape index (κ1) is 19.2. The van der Waals surface area contributed by atoms with Crippen LogP contribution in [0.15, 0.2) is 30.6 Å². The fourth-order valence-corrected chi connectivity index (χ4v) is 2.56. The molecule has 0 radical (unpaired) electrons. The van der Waals surface area contributed by atoms with Gasteiger partial charge < -0.3 is 10.4 Å². The highest BCUT2D eigenvalue weighted by atomic mass is 19.4. The molecular weight excluding hydrogens is 363 g/mol. The van der Waals surface area contributed by atoms with Gasteiger partial charge in [0.15, 0.2) is 11.4 Å². The SMILES string of the molecule is C[C@H](NC(=O)Nc1ccn(-c2ccc(C(C)(O)C(F)(F)F)nc2)n1)C1CC1. The minimum Gasteiger partial charge on any atom is -0.375 e. The summed E-state index contributed by atoms with van der Waals surface area (Å²) in [4.78, 5) is 15.6. The normalized spacial score (nSPS) is 17.9. The smallest absolute Gasteiger partial charge is 0.375 e. The number of hydrogen-bond donors (Lipinski definition) is 3. The summed E-state index contributed by atoms with van der Waals surface area (Å²) in [7, 11) is 0. The maximum atomic E-state index is 12.9. The third-order valence-electron chi connectivity index (χ3n) is 4.58. The molecule has 7 nitrogen and oxygen atoms in total. The zero-order chi connectivity index (χ0) is 19.8. The lowest BCUT2D eigenvalue weighted by Gasteiger charge is -2.25. The van der Waals surface area contributed by atoms with E-state index in [1.54, 1.807) is 12.3 Å². The summed E-state index contributed by atoms with van der Waals surface area (Å²) < 4.78 is 39.9. The molecule has 1 saturated carbocycles. The van der Waals surface area contributed by atoms with Gasteiger partial charge in [-0.25, -0.2) is 9.48 Å². The molecule has 1 unspecified atom stereocenters. The first-order valence-electron chi connectivity index (χ1n) is 8.47.